The van der Waals surface area contributed by atoms with E-state index in [1.165, 1.54) is 0 Å². The SMILES string of the molecule is COc1ccc(CN)cc1OCC(C)(O)c1ccccc1. The number of benzene rings is 2. The van der Waals surface area contributed by atoms with Gasteiger partial charge in [0, 0.05) is 6.54 Å². The van der Waals surface area contributed by atoms with Gasteiger partial charge in [0.1, 0.15) is 12.2 Å². The third-order valence-electron chi connectivity index (χ3n) is 3.37. The Hall–Kier alpha value is -2.04. The fourth-order valence-electron chi connectivity index (χ4n) is 2.06. The van der Waals surface area contributed by atoms with Gasteiger partial charge < -0.3 is 20.3 Å². The first kappa shape index (κ1) is 15.4. The Labute approximate surface area is 125 Å². The molecule has 1 unspecified atom stereocenters. The second-order valence-electron chi connectivity index (χ2n) is 5.12. The van der Waals surface area contributed by atoms with Crippen molar-refractivity contribution in [1.82, 2.24) is 0 Å². The summed E-state index contributed by atoms with van der Waals surface area (Å²) >= 11 is 0. The fraction of sp³-hybridized carbons (Fsp3) is 0.294. The van der Waals surface area contributed by atoms with Crippen LogP contribution in [0.3, 0.4) is 0 Å². The van der Waals surface area contributed by atoms with Crippen molar-refractivity contribution in [3.8, 4) is 11.5 Å². The highest BCUT2D eigenvalue weighted by atomic mass is 16.5. The van der Waals surface area contributed by atoms with E-state index in [2.05, 4.69) is 0 Å². The minimum absolute atomic E-state index is 0.126. The molecule has 1 atom stereocenters. The molecule has 2 rings (SSSR count). The number of nitrogens with two attached hydrogens (primary N) is 1. The predicted molar refractivity (Wildman–Crippen MR) is 82.4 cm³/mol. The zero-order valence-electron chi connectivity index (χ0n) is 12.4. The minimum Gasteiger partial charge on any atom is -0.493 e. The van der Waals surface area contributed by atoms with Gasteiger partial charge in [0.15, 0.2) is 11.5 Å². The lowest BCUT2D eigenvalue weighted by molar-refractivity contribution is 0.00683. The first-order chi connectivity index (χ1) is 10.1. The Kier molecular flexibility index (Phi) is 4.83. The summed E-state index contributed by atoms with van der Waals surface area (Å²) in [5, 5.41) is 10.5. The summed E-state index contributed by atoms with van der Waals surface area (Å²) in [4.78, 5) is 0. The van der Waals surface area contributed by atoms with Crippen molar-refractivity contribution in [2.45, 2.75) is 19.1 Å². The van der Waals surface area contributed by atoms with Crippen molar-refractivity contribution in [3.05, 3.63) is 59.7 Å². The molecular formula is C17H21NO3. The highest BCUT2D eigenvalue weighted by Gasteiger charge is 2.24. The number of methoxy groups -OCH3 is 1. The molecule has 0 saturated carbocycles. The Morgan fingerprint density at radius 3 is 2.43 bits per heavy atom. The lowest BCUT2D eigenvalue weighted by Gasteiger charge is -2.24. The molecule has 0 amide bonds. The van der Waals surface area contributed by atoms with E-state index in [0.29, 0.717) is 18.0 Å². The first-order valence-electron chi connectivity index (χ1n) is 6.84. The fourth-order valence-corrected chi connectivity index (χ4v) is 2.06. The molecule has 0 saturated heterocycles. The molecule has 4 nitrogen and oxygen atoms in total. The smallest absolute Gasteiger partial charge is 0.161 e. The van der Waals surface area contributed by atoms with E-state index < -0.39 is 5.60 Å². The lowest BCUT2D eigenvalue weighted by Crippen LogP contribution is -2.29. The summed E-state index contributed by atoms with van der Waals surface area (Å²) in [6, 6.07) is 15.0. The van der Waals surface area contributed by atoms with Crippen molar-refractivity contribution < 1.29 is 14.6 Å². The number of aliphatic hydroxyl groups is 1. The van der Waals surface area contributed by atoms with Crippen LogP contribution in [0.1, 0.15) is 18.1 Å². The van der Waals surface area contributed by atoms with Crippen molar-refractivity contribution in [2.75, 3.05) is 13.7 Å². The number of rotatable bonds is 6. The molecule has 2 aromatic carbocycles. The molecule has 0 aliphatic heterocycles. The van der Waals surface area contributed by atoms with E-state index in [9.17, 15) is 5.11 Å². The van der Waals surface area contributed by atoms with Gasteiger partial charge in [-0.15, -0.1) is 0 Å². The van der Waals surface area contributed by atoms with Crippen LogP contribution in [0.25, 0.3) is 0 Å². The molecule has 21 heavy (non-hydrogen) atoms. The lowest BCUT2D eigenvalue weighted by atomic mass is 9.97. The van der Waals surface area contributed by atoms with Gasteiger partial charge in [-0.25, -0.2) is 0 Å². The van der Waals surface area contributed by atoms with Crippen LogP contribution < -0.4 is 15.2 Å². The molecule has 0 aromatic heterocycles. The molecule has 0 radical (unpaired) electrons. The van der Waals surface area contributed by atoms with Gasteiger partial charge in [-0.1, -0.05) is 36.4 Å². The number of hydrogen-bond donors (Lipinski definition) is 2. The molecule has 2 aromatic rings. The van der Waals surface area contributed by atoms with Crippen molar-refractivity contribution >= 4 is 0 Å². The van der Waals surface area contributed by atoms with E-state index in [1.807, 2.05) is 48.5 Å². The van der Waals surface area contributed by atoms with Gasteiger partial charge in [0.25, 0.3) is 0 Å². The topological polar surface area (TPSA) is 64.7 Å². The Morgan fingerprint density at radius 2 is 1.81 bits per heavy atom. The molecule has 0 spiro atoms. The summed E-state index contributed by atoms with van der Waals surface area (Å²) in [5.41, 5.74) is 6.31. The van der Waals surface area contributed by atoms with Gasteiger partial charge in [-0.2, -0.15) is 0 Å². The summed E-state index contributed by atoms with van der Waals surface area (Å²) in [7, 11) is 1.58. The van der Waals surface area contributed by atoms with Gasteiger partial charge in [0.05, 0.1) is 7.11 Å². The molecule has 3 N–H and O–H groups in total. The van der Waals surface area contributed by atoms with Crippen molar-refractivity contribution in [3.63, 3.8) is 0 Å². The molecule has 0 fully saturated rings. The monoisotopic (exact) mass is 287 g/mol. The Morgan fingerprint density at radius 1 is 1.10 bits per heavy atom. The highest BCUT2D eigenvalue weighted by Crippen LogP contribution is 2.30. The first-order valence-corrected chi connectivity index (χ1v) is 6.84. The molecule has 0 aliphatic rings. The van der Waals surface area contributed by atoms with E-state index in [0.717, 1.165) is 11.1 Å². The van der Waals surface area contributed by atoms with Crippen molar-refractivity contribution in [1.29, 1.82) is 0 Å². The molecule has 0 bridgehead atoms. The van der Waals surface area contributed by atoms with Gasteiger partial charge in [-0.3, -0.25) is 0 Å². The largest absolute Gasteiger partial charge is 0.493 e. The average molecular weight is 287 g/mol. The van der Waals surface area contributed by atoms with Crippen LogP contribution in [0.5, 0.6) is 11.5 Å². The van der Waals surface area contributed by atoms with Gasteiger partial charge in [0.2, 0.25) is 0 Å². The summed E-state index contributed by atoms with van der Waals surface area (Å²) in [6.45, 7) is 2.28. The maximum Gasteiger partial charge on any atom is 0.161 e. The van der Waals surface area contributed by atoms with Crippen LogP contribution in [-0.2, 0) is 12.1 Å². The van der Waals surface area contributed by atoms with Crippen LogP contribution in [0, 0.1) is 0 Å². The van der Waals surface area contributed by atoms with Crippen LogP contribution in [0.15, 0.2) is 48.5 Å². The molecule has 0 aliphatic carbocycles. The zero-order chi connectivity index (χ0) is 15.3. The maximum absolute atomic E-state index is 10.5. The van der Waals surface area contributed by atoms with Gasteiger partial charge >= 0.3 is 0 Å². The molecule has 0 heterocycles. The number of ether oxygens (including phenoxy) is 2. The zero-order valence-corrected chi connectivity index (χ0v) is 12.4. The summed E-state index contributed by atoms with van der Waals surface area (Å²) < 4.78 is 11.0. The molecular weight excluding hydrogens is 266 g/mol. The van der Waals surface area contributed by atoms with E-state index in [1.54, 1.807) is 14.0 Å². The predicted octanol–water partition coefficient (Wildman–Crippen LogP) is 2.44. The maximum atomic E-state index is 10.5. The van der Waals surface area contributed by atoms with Gasteiger partial charge in [-0.05, 0) is 30.2 Å². The third-order valence-corrected chi connectivity index (χ3v) is 3.37. The van der Waals surface area contributed by atoms with E-state index >= 15 is 0 Å². The van der Waals surface area contributed by atoms with E-state index in [-0.39, 0.29) is 6.61 Å². The Balaban J connectivity index is 2.15. The summed E-state index contributed by atoms with van der Waals surface area (Å²) in [5.74, 6) is 1.20. The van der Waals surface area contributed by atoms with Crippen LogP contribution in [0.4, 0.5) is 0 Å². The van der Waals surface area contributed by atoms with Crippen LogP contribution in [0.2, 0.25) is 0 Å². The second kappa shape index (κ2) is 6.61. The van der Waals surface area contributed by atoms with Crippen molar-refractivity contribution in [2.24, 2.45) is 5.73 Å². The number of hydrogen-bond acceptors (Lipinski definition) is 4. The van der Waals surface area contributed by atoms with Crippen LogP contribution in [-0.4, -0.2) is 18.8 Å². The van der Waals surface area contributed by atoms with Crippen LogP contribution >= 0.6 is 0 Å². The normalized spacial score (nSPS) is 13.5. The molecule has 4 heteroatoms. The Bertz CT molecular complexity index is 582. The average Bonchev–Trinajstić information content (AvgIpc) is 2.53. The highest BCUT2D eigenvalue weighted by molar-refractivity contribution is 5.43. The summed E-state index contributed by atoms with van der Waals surface area (Å²) in [6.07, 6.45) is 0. The third kappa shape index (κ3) is 3.74. The second-order valence-corrected chi connectivity index (χ2v) is 5.12. The molecule has 112 valence electrons. The standard InChI is InChI=1S/C17H21NO3/c1-17(19,14-6-4-3-5-7-14)12-21-16-10-13(11-18)8-9-15(16)20-2/h3-10,19H,11-12,18H2,1-2H3. The van der Waals surface area contributed by atoms with E-state index in [4.69, 9.17) is 15.2 Å². The minimum atomic E-state index is -1.08. The quantitative estimate of drug-likeness (QED) is 0.856.